The Hall–Kier alpha value is -2.66. The lowest BCUT2D eigenvalue weighted by atomic mass is 10.0. The van der Waals surface area contributed by atoms with Crippen molar-refractivity contribution in [1.29, 1.82) is 0 Å². The van der Waals surface area contributed by atoms with Crippen molar-refractivity contribution in [3.8, 4) is 22.9 Å². The van der Waals surface area contributed by atoms with Gasteiger partial charge in [-0.05, 0) is 40.2 Å². The molecule has 0 bridgehead atoms. The molecule has 3 aromatic rings. The highest BCUT2D eigenvalue weighted by Gasteiger charge is 2.28. The molecule has 1 aromatic heterocycles. The normalized spacial score (nSPS) is 15.2. The molecular formula is C22H22IN3O5. The first-order valence-electron chi connectivity index (χ1n) is 9.96. The van der Waals surface area contributed by atoms with Crippen LogP contribution in [0.4, 0.5) is 5.82 Å². The molecule has 4 rings (SSSR count). The number of nitrogens with zero attached hydrogens (tertiary/aromatic N) is 3. The SMILES string of the molecule is O=[N+]([O-])c1cn2c(n1)OC[C@@H](OCc1ccc(-c3ccc(OCCCI)cc3)cc1)C2. The summed E-state index contributed by atoms with van der Waals surface area (Å²) in [5, 5.41) is 10.8. The molecular weight excluding hydrogens is 513 g/mol. The second-order valence-electron chi connectivity index (χ2n) is 7.15. The third-order valence-corrected chi connectivity index (χ3v) is 5.65. The van der Waals surface area contributed by atoms with E-state index in [1.54, 1.807) is 4.57 Å². The molecule has 0 saturated heterocycles. The predicted octanol–water partition coefficient (Wildman–Crippen LogP) is 4.64. The number of fused-ring (bicyclic) bond motifs is 1. The van der Waals surface area contributed by atoms with Crippen molar-refractivity contribution in [1.82, 2.24) is 9.55 Å². The van der Waals surface area contributed by atoms with Crippen molar-refractivity contribution in [2.45, 2.75) is 25.7 Å². The average Bonchev–Trinajstić information content (AvgIpc) is 3.23. The van der Waals surface area contributed by atoms with E-state index in [0.29, 0.717) is 19.8 Å². The summed E-state index contributed by atoms with van der Waals surface area (Å²) < 4.78 is 19.8. The number of halogens is 1. The van der Waals surface area contributed by atoms with Gasteiger partial charge in [-0.1, -0.05) is 59.0 Å². The molecule has 1 aliphatic rings. The van der Waals surface area contributed by atoms with E-state index >= 15 is 0 Å². The Morgan fingerprint density at radius 1 is 1.16 bits per heavy atom. The molecule has 1 atom stereocenters. The molecule has 8 nitrogen and oxygen atoms in total. The van der Waals surface area contributed by atoms with Gasteiger partial charge in [0.1, 0.15) is 24.7 Å². The first-order valence-corrected chi connectivity index (χ1v) is 11.5. The van der Waals surface area contributed by atoms with Crippen LogP contribution in [-0.2, 0) is 17.9 Å². The molecule has 0 radical (unpaired) electrons. The fourth-order valence-corrected chi connectivity index (χ4v) is 3.57. The maximum atomic E-state index is 10.8. The molecule has 0 N–H and O–H groups in total. The number of alkyl halides is 1. The number of benzene rings is 2. The van der Waals surface area contributed by atoms with E-state index in [9.17, 15) is 10.1 Å². The summed E-state index contributed by atoms with van der Waals surface area (Å²) in [6, 6.07) is 16.6. The highest BCUT2D eigenvalue weighted by atomic mass is 127. The molecule has 0 spiro atoms. The van der Waals surface area contributed by atoms with Gasteiger partial charge in [0.2, 0.25) is 0 Å². The van der Waals surface area contributed by atoms with Crippen LogP contribution in [0.5, 0.6) is 11.8 Å². The molecule has 0 saturated carbocycles. The van der Waals surface area contributed by atoms with Gasteiger partial charge >= 0.3 is 11.8 Å². The molecule has 2 aromatic carbocycles. The Labute approximate surface area is 193 Å². The van der Waals surface area contributed by atoms with E-state index in [1.165, 1.54) is 6.20 Å². The van der Waals surface area contributed by atoms with Crippen LogP contribution in [0.1, 0.15) is 12.0 Å². The lowest BCUT2D eigenvalue weighted by Crippen LogP contribution is -2.32. The van der Waals surface area contributed by atoms with Gasteiger partial charge in [-0.3, -0.25) is 4.57 Å². The number of ether oxygens (including phenoxy) is 3. The number of hydrogen-bond acceptors (Lipinski definition) is 6. The molecule has 0 aliphatic carbocycles. The van der Waals surface area contributed by atoms with Crippen molar-refractivity contribution in [3.05, 3.63) is 70.4 Å². The lowest BCUT2D eigenvalue weighted by molar-refractivity contribution is -0.389. The van der Waals surface area contributed by atoms with Gasteiger partial charge in [-0.15, -0.1) is 0 Å². The van der Waals surface area contributed by atoms with Crippen LogP contribution in [0, 0.1) is 10.1 Å². The van der Waals surface area contributed by atoms with Crippen molar-refractivity contribution >= 4 is 28.4 Å². The van der Waals surface area contributed by atoms with Crippen molar-refractivity contribution in [2.75, 3.05) is 17.6 Å². The smallest absolute Gasteiger partial charge is 0.414 e. The quantitative estimate of drug-likeness (QED) is 0.131. The lowest BCUT2D eigenvalue weighted by Gasteiger charge is -2.22. The number of imidazole rings is 1. The Morgan fingerprint density at radius 3 is 2.55 bits per heavy atom. The van der Waals surface area contributed by atoms with Crippen LogP contribution in [-0.4, -0.2) is 38.2 Å². The van der Waals surface area contributed by atoms with Crippen molar-refractivity contribution in [2.24, 2.45) is 0 Å². The van der Waals surface area contributed by atoms with E-state index in [2.05, 4.69) is 51.8 Å². The number of hydrogen-bond donors (Lipinski definition) is 0. The largest absolute Gasteiger partial charge is 0.494 e. The molecule has 31 heavy (non-hydrogen) atoms. The highest BCUT2D eigenvalue weighted by molar-refractivity contribution is 14.1. The van der Waals surface area contributed by atoms with Gasteiger partial charge in [0.05, 0.1) is 19.8 Å². The van der Waals surface area contributed by atoms with E-state index in [0.717, 1.165) is 39.9 Å². The monoisotopic (exact) mass is 535 g/mol. The van der Waals surface area contributed by atoms with Crippen LogP contribution in [0.2, 0.25) is 0 Å². The van der Waals surface area contributed by atoms with E-state index in [4.69, 9.17) is 14.2 Å². The summed E-state index contributed by atoms with van der Waals surface area (Å²) in [5.74, 6) is 0.672. The Kier molecular flexibility index (Phi) is 7.03. The molecule has 162 valence electrons. The van der Waals surface area contributed by atoms with E-state index in [1.807, 2.05) is 24.3 Å². The minimum absolute atomic E-state index is 0.194. The molecule has 0 fully saturated rings. The van der Waals surface area contributed by atoms with Gasteiger partial charge in [-0.2, -0.15) is 0 Å². The number of aromatic nitrogens is 2. The minimum atomic E-state index is -0.529. The molecule has 2 heterocycles. The first kappa shape index (κ1) is 21.6. The van der Waals surface area contributed by atoms with E-state index in [-0.39, 0.29) is 17.9 Å². The Morgan fingerprint density at radius 2 is 1.87 bits per heavy atom. The van der Waals surface area contributed by atoms with Gasteiger partial charge < -0.3 is 24.3 Å². The summed E-state index contributed by atoms with van der Waals surface area (Å²) in [5.41, 5.74) is 3.30. The summed E-state index contributed by atoms with van der Waals surface area (Å²) in [6.07, 6.45) is 2.22. The maximum absolute atomic E-state index is 10.8. The Balaban J connectivity index is 1.30. The van der Waals surface area contributed by atoms with Crippen molar-refractivity contribution < 1.29 is 19.1 Å². The van der Waals surface area contributed by atoms with E-state index < -0.39 is 4.92 Å². The van der Waals surface area contributed by atoms with Gasteiger partial charge in [0.15, 0.2) is 0 Å². The Bertz CT molecular complexity index is 1020. The average molecular weight is 535 g/mol. The van der Waals surface area contributed by atoms with Gasteiger partial charge in [0, 0.05) is 9.41 Å². The second kappa shape index (κ2) is 10.1. The van der Waals surface area contributed by atoms with Crippen LogP contribution < -0.4 is 9.47 Å². The van der Waals surface area contributed by atoms with Gasteiger partial charge in [0.25, 0.3) is 0 Å². The zero-order valence-corrected chi connectivity index (χ0v) is 18.9. The fraction of sp³-hybridized carbons (Fsp3) is 0.318. The van der Waals surface area contributed by atoms with Crippen molar-refractivity contribution in [3.63, 3.8) is 0 Å². The second-order valence-corrected chi connectivity index (χ2v) is 8.23. The molecule has 0 unspecified atom stereocenters. The zero-order valence-electron chi connectivity index (χ0n) is 16.8. The van der Waals surface area contributed by atoms with Gasteiger partial charge in [-0.25, -0.2) is 0 Å². The minimum Gasteiger partial charge on any atom is -0.494 e. The third-order valence-electron chi connectivity index (χ3n) is 4.89. The number of nitro groups is 1. The summed E-state index contributed by atoms with van der Waals surface area (Å²) in [4.78, 5) is 14.2. The highest BCUT2D eigenvalue weighted by Crippen LogP contribution is 2.25. The predicted molar refractivity (Wildman–Crippen MR) is 124 cm³/mol. The van der Waals surface area contributed by atoms with Crippen LogP contribution in [0.25, 0.3) is 11.1 Å². The van der Waals surface area contributed by atoms with Crippen LogP contribution >= 0.6 is 22.6 Å². The van der Waals surface area contributed by atoms with Crippen LogP contribution in [0.15, 0.2) is 54.7 Å². The summed E-state index contributed by atoms with van der Waals surface area (Å²) >= 11 is 2.35. The molecule has 0 amide bonds. The number of rotatable bonds is 9. The topological polar surface area (TPSA) is 88.7 Å². The third kappa shape index (κ3) is 5.53. The fourth-order valence-electron chi connectivity index (χ4n) is 3.26. The summed E-state index contributed by atoms with van der Waals surface area (Å²) in [6.45, 7) is 1.96. The first-order chi connectivity index (χ1) is 15.1. The standard InChI is InChI=1S/C22H22IN3O5/c23-10-1-11-29-19-8-6-18(7-9-19)17-4-2-16(3-5-17)14-30-20-12-25-13-21(26(27)28)24-22(25)31-15-20/h2-9,13,20H,1,10-12,14-15H2/t20-/m0/s1. The maximum Gasteiger partial charge on any atom is 0.414 e. The molecule has 1 aliphatic heterocycles. The summed E-state index contributed by atoms with van der Waals surface area (Å²) in [7, 11) is 0. The molecule has 9 heteroatoms. The zero-order chi connectivity index (χ0) is 21.6. The van der Waals surface area contributed by atoms with Crippen LogP contribution in [0.3, 0.4) is 0 Å².